The summed E-state index contributed by atoms with van der Waals surface area (Å²) < 4.78 is 7.52. The van der Waals surface area contributed by atoms with Crippen molar-refractivity contribution in [3.63, 3.8) is 0 Å². The Bertz CT molecular complexity index is 877. The summed E-state index contributed by atoms with van der Waals surface area (Å²) in [4.78, 5) is 0. The molecule has 0 amide bonds. The number of nitrogens with zero attached hydrogens (tertiary/aromatic N) is 4. The quantitative estimate of drug-likeness (QED) is 0.770. The van der Waals surface area contributed by atoms with Crippen LogP contribution in [0.15, 0.2) is 42.6 Å². The Balaban J connectivity index is 1.56. The summed E-state index contributed by atoms with van der Waals surface area (Å²) in [6.07, 6.45) is 3.79. The van der Waals surface area contributed by atoms with Gasteiger partial charge in [0.25, 0.3) is 0 Å². The Hall–Kier alpha value is -2.60. The maximum atomic E-state index is 6.08. The molecule has 25 heavy (non-hydrogen) atoms. The normalized spacial score (nSPS) is 16.6. The molecule has 128 valence electrons. The van der Waals surface area contributed by atoms with Crippen LogP contribution in [0.5, 0.6) is 5.75 Å². The van der Waals surface area contributed by atoms with E-state index in [9.17, 15) is 0 Å². The lowest BCUT2D eigenvalue weighted by Crippen LogP contribution is -2.12. The standard InChI is InChI=1S/C18H18ClN5O/c1-12-8-9-24(23-12)18-7-6-17(21-22-18)20-15-3-2-10-25-16-11-13(19)4-5-14(15)16/h4-9,11,15H,2-3,10H2,1H3,(H,20,21). The Kier molecular flexibility index (Phi) is 4.28. The number of rotatable bonds is 3. The number of benzene rings is 1. The van der Waals surface area contributed by atoms with E-state index >= 15 is 0 Å². The summed E-state index contributed by atoms with van der Waals surface area (Å²) in [5.41, 5.74) is 2.04. The van der Waals surface area contributed by atoms with Crippen molar-refractivity contribution in [3.8, 4) is 11.6 Å². The first-order valence-corrected chi connectivity index (χ1v) is 8.62. The van der Waals surface area contributed by atoms with Crippen LogP contribution in [0.3, 0.4) is 0 Å². The summed E-state index contributed by atoms with van der Waals surface area (Å²) in [5.74, 6) is 2.24. The van der Waals surface area contributed by atoms with Crippen molar-refractivity contribution in [2.24, 2.45) is 0 Å². The molecule has 0 saturated heterocycles. The molecule has 0 fully saturated rings. The van der Waals surface area contributed by atoms with Gasteiger partial charge in [-0.3, -0.25) is 0 Å². The van der Waals surface area contributed by atoms with Crippen LogP contribution in [0.25, 0.3) is 5.82 Å². The van der Waals surface area contributed by atoms with E-state index in [4.69, 9.17) is 16.3 Å². The number of anilines is 1. The van der Waals surface area contributed by atoms with E-state index in [1.807, 2.05) is 49.5 Å². The first kappa shape index (κ1) is 15.9. The van der Waals surface area contributed by atoms with Crippen LogP contribution < -0.4 is 10.1 Å². The molecule has 1 aromatic carbocycles. The third-order valence-corrected chi connectivity index (χ3v) is 4.41. The topological polar surface area (TPSA) is 64.9 Å². The molecule has 6 nitrogen and oxygen atoms in total. The van der Waals surface area contributed by atoms with Crippen LogP contribution in [0.1, 0.15) is 30.1 Å². The molecule has 1 N–H and O–H groups in total. The Morgan fingerprint density at radius 1 is 1.20 bits per heavy atom. The minimum Gasteiger partial charge on any atom is -0.493 e. The van der Waals surface area contributed by atoms with E-state index in [0.717, 1.165) is 35.7 Å². The monoisotopic (exact) mass is 355 g/mol. The average molecular weight is 356 g/mol. The van der Waals surface area contributed by atoms with Crippen LogP contribution in [0.2, 0.25) is 5.02 Å². The molecule has 1 aliphatic rings. The number of fused-ring (bicyclic) bond motifs is 1. The van der Waals surface area contributed by atoms with E-state index in [-0.39, 0.29) is 6.04 Å². The van der Waals surface area contributed by atoms with Crippen molar-refractivity contribution in [1.82, 2.24) is 20.0 Å². The van der Waals surface area contributed by atoms with Crippen molar-refractivity contribution in [1.29, 1.82) is 0 Å². The Morgan fingerprint density at radius 3 is 2.88 bits per heavy atom. The van der Waals surface area contributed by atoms with Gasteiger partial charge in [-0.15, -0.1) is 10.2 Å². The molecular formula is C18H18ClN5O. The molecule has 1 aliphatic heterocycles. The second-order valence-electron chi connectivity index (χ2n) is 6.05. The molecule has 0 radical (unpaired) electrons. The third kappa shape index (κ3) is 3.44. The largest absolute Gasteiger partial charge is 0.493 e. The van der Waals surface area contributed by atoms with Crippen molar-refractivity contribution >= 4 is 17.4 Å². The zero-order chi connectivity index (χ0) is 17.2. The van der Waals surface area contributed by atoms with Gasteiger partial charge in [0, 0.05) is 16.8 Å². The number of hydrogen-bond acceptors (Lipinski definition) is 5. The van der Waals surface area contributed by atoms with Crippen molar-refractivity contribution in [3.05, 3.63) is 58.9 Å². The Morgan fingerprint density at radius 2 is 2.12 bits per heavy atom. The van der Waals surface area contributed by atoms with E-state index in [0.29, 0.717) is 17.4 Å². The molecule has 7 heteroatoms. The number of aryl methyl sites for hydroxylation is 1. The second-order valence-corrected chi connectivity index (χ2v) is 6.48. The highest BCUT2D eigenvalue weighted by Crippen LogP contribution is 2.35. The van der Waals surface area contributed by atoms with Gasteiger partial charge in [0.1, 0.15) is 11.6 Å². The third-order valence-electron chi connectivity index (χ3n) is 4.18. The summed E-state index contributed by atoms with van der Waals surface area (Å²) in [6.45, 7) is 2.63. The summed E-state index contributed by atoms with van der Waals surface area (Å²) in [7, 11) is 0. The fourth-order valence-electron chi connectivity index (χ4n) is 2.94. The molecule has 4 rings (SSSR count). The number of nitrogens with one attached hydrogen (secondary N) is 1. The molecule has 3 aromatic rings. The first-order chi connectivity index (χ1) is 12.2. The number of ether oxygens (including phenoxy) is 1. The van der Waals surface area contributed by atoms with Crippen LogP contribution in [-0.2, 0) is 0 Å². The zero-order valence-electron chi connectivity index (χ0n) is 13.8. The molecule has 1 atom stereocenters. The summed E-state index contributed by atoms with van der Waals surface area (Å²) >= 11 is 6.08. The van der Waals surface area contributed by atoms with Gasteiger partial charge >= 0.3 is 0 Å². The Labute approximate surface area is 150 Å². The lowest BCUT2D eigenvalue weighted by atomic mass is 10.0. The first-order valence-electron chi connectivity index (χ1n) is 8.24. The van der Waals surface area contributed by atoms with Crippen molar-refractivity contribution in [2.45, 2.75) is 25.8 Å². The highest BCUT2D eigenvalue weighted by molar-refractivity contribution is 6.30. The highest BCUT2D eigenvalue weighted by atomic mass is 35.5. The molecule has 0 saturated carbocycles. The zero-order valence-corrected chi connectivity index (χ0v) is 14.6. The predicted molar refractivity (Wildman–Crippen MR) is 96.4 cm³/mol. The van der Waals surface area contributed by atoms with E-state index in [2.05, 4.69) is 20.6 Å². The summed E-state index contributed by atoms with van der Waals surface area (Å²) in [6, 6.07) is 11.6. The predicted octanol–water partition coefficient (Wildman–Crippen LogP) is 3.95. The molecule has 0 spiro atoms. The molecule has 1 unspecified atom stereocenters. The lowest BCUT2D eigenvalue weighted by Gasteiger charge is -2.19. The molecule has 3 heterocycles. The SMILES string of the molecule is Cc1ccn(-c2ccc(NC3CCCOc4cc(Cl)ccc43)nn2)n1. The minimum absolute atomic E-state index is 0.113. The van der Waals surface area contributed by atoms with Gasteiger partial charge in [0.05, 0.1) is 18.3 Å². The maximum absolute atomic E-state index is 6.08. The van der Waals surface area contributed by atoms with Crippen LogP contribution in [0.4, 0.5) is 5.82 Å². The fourth-order valence-corrected chi connectivity index (χ4v) is 3.10. The molecule has 2 aromatic heterocycles. The van der Waals surface area contributed by atoms with Crippen molar-refractivity contribution in [2.75, 3.05) is 11.9 Å². The van der Waals surface area contributed by atoms with Crippen LogP contribution in [-0.4, -0.2) is 26.6 Å². The average Bonchev–Trinajstić information content (AvgIpc) is 2.95. The number of aromatic nitrogens is 4. The second kappa shape index (κ2) is 6.72. The molecule has 0 bridgehead atoms. The van der Waals surface area contributed by atoms with Crippen molar-refractivity contribution < 1.29 is 4.74 Å². The summed E-state index contributed by atoms with van der Waals surface area (Å²) in [5, 5.41) is 17.0. The van der Waals surface area contributed by atoms with Gasteiger partial charge in [-0.25, -0.2) is 4.68 Å². The van der Waals surface area contributed by atoms with Gasteiger partial charge in [0.15, 0.2) is 5.82 Å². The molecule has 0 aliphatic carbocycles. The van der Waals surface area contributed by atoms with Gasteiger partial charge in [0.2, 0.25) is 0 Å². The van der Waals surface area contributed by atoms with Gasteiger partial charge in [-0.1, -0.05) is 17.7 Å². The van der Waals surface area contributed by atoms with Gasteiger partial charge in [-0.05, 0) is 50.1 Å². The smallest absolute Gasteiger partial charge is 0.175 e. The van der Waals surface area contributed by atoms with E-state index in [1.165, 1.54) is 0 Å². The van der Waals surface area contributed by atoms with E-state index in [1.54, 1.807) is 4.68 Å². The van der Waals surface area contributed by atoms with Gasteiger partial charge in [-0.2, -0.15) is 5.10 Å². The van der Waals surface area contributed by atoms with E-state index < -0.39 is 0 Å². The maximum Gasteiger partial charge on any atom is 0.175 e. The fraction of sp³-hybridized carbons (Fsp3) is 0.278. The number of halogens is 1. The van der Waals surface area contributed by atoms with Crippen LogP contribution >= 0.6 is 11.6 Å². The highest BCUT2D eigenvalue weighted by Gasteiger charge is 2.20. The van der Waals surface area contributed by atoms with Gasteiger partial charge < -0.3 is 10.1 Å². The number of hydrogen-bond donors (Lipinski definition) is 1. The minimum atomic E-state index is 0.113. The lowest BCUT2D eigenvalue weighted by molar-refractivity contribution is 0.316. The van der Waals surface area contributed by atoms with Crippen LogP contribution in [0, 0.1) is 6.92 Å². The molecular weight excluding hydrogens is 338 g/mol.